The van der Waals surface area contributed by atoms with Gasteiger partial charge in [-0.25, -0.2) is 38.3 Å². The number of carbonyl (C=O) groups excluding carboxylic acids is 2. The van der Waals surface area contributed by atoms with Crippen LogP contribution in [0.1, 0.15) is 32.4 Å². The van der Waals surface area contributed by atoms with E-state index in [-0.39, 0.29) is 37.9 Å². The lowest BCUT2D eigenvalue weighted by atomic mass is 10.2. The predicted octanol–water partition coefficient (Wildman–Crippen LogP) is 3.63. The van der Waals surface area contributed by atoms with Crippen molar-refractivity contribution in [1.82, 2.24) is 19.1 Å². The second kappa shape index (κ2) is 18.9. The molecule has 0 spiro atoms. The Morgan fingerprint density at radius 2 is 1.02 bits per heavy atom. The van der Waals surface area contributed by atoms with E-state index in [4.69, 9.17) is 19.7 Å². The number of aryl methyl sites for hydroxylation is 2. The van der Waals surface area contributed by atoms with Crippen LogP contribution in [0.3, 0.4) is 0 Å². The van der Waals surface area contributed by atoms with Crippen molar-refractivity contribution in [3.8, 4) is 0 Å². The maximum Gasteiger partial charge on any atom is 0.342 e. The van der Waals surface area contributed by atoms with Crippen molar-refractivity contribution in [3.05, 3.63) is 128 Å². The Labute approximate surface area is 271 Å². The largest absolute Gasteiger partial charge is 0.478 e. The van der Waals surface area contributed by atoms with Crippen LogP contribution in [0.15, 0.2) is 85.2 Å². The van der Waals surface area contributed by atoms with E-state index in [2.05, 4.69) is 9.97 Å². The molecule has 2 heterocycles. The molecule has 0 saturated heterocycles. The molecule has 2 aromatic carbocycles. The molecule has 4 rings (SSSR count). The average Bonchev–Trinajstić information content (AvgIpc) is 3.63. The summed E-state index contributed by atoms with van der Waals surface area (Å²) in [5.74, 6) is -2.63. The first kappa shape index (κ1) is 37.5. The van der Waals surface area contributed by atoms with Crippen molar-refractivity contribution in [2.75, 3.05) is 13.2 Å². The summed E-state index contributed by atoms with van der Waals surface area (Å²) in [6.45, 7) is 3.80. The Morgan fingerprint density at radius 1 is 0.688 bits per heavy atom. The number of rotatable bonds is 12. The highest BCUT2D eigenvalue weighted by atomic mass is 16.6. The number of ether oxygens (including phenoxy) is 2. The van der Waals surface area contributed by atoms with Crippen molar-refractivity contribution in [3.63, 3.8) is 0 Å². The summed E-state index contributed by atoms with van der Waals surface area (Å²) < 4.78 is 13.0. The third kappa shape index (κ3) is 12.3. The highest BCUT2D eigenvalue weighted by molar-refractivity contribution is 5.90. The molecule has 252 valence electrons. The van der Waals surface area contributed by atoms with Gasteiger partial charge in [-0.2, -0.15) is 0 Å². The molecule has 2 aromatic heterocycles. The molecule has 0 aliphatic rings. The number of nitro groups is 2. The van der Waals surface area contributed by atoms with E-state index in [0.717, 1.165) is 0 Å². The summed E-state index contributed by atoms with van der Waals surface area (Å²) >= 11 is 0. The minimum Gasteiger partial charge on any atom is -0.478 e. The summed E-state index contributed by atoms with van der Waals surface area (Å²) in [7, 11) is 0. The molecule has 48 heavy (non-hydrogen) atoms. The van der Waals surface area contributed by atoms with E-state index in [1.165, 1.54) is 21.5 Å². The molecule has 18 heteroatoms. The van der Waals surface area contributed by atoms with Crippen LogP contribution in [0.2, 0.25) is 0 Å². The van der Waals surface area contributed by atoms with Crippen LogP contribution >= 0.6 is 0 Å². The Bertz CT molecular complexity index is 1620. The van der Waals surface area contributed by atoms with Crippen LogP contribution in [-0.2, 0) is 32.2 Å². The first-order valence-electron chi connectivity index (χ1n) is 13.7. The lowest BCUT2D eigenvalue weighted by Gasteiger charge is -2.05. The van der Waals surface area contributed by atoms with Gasteiger partial charge in [0.25, 0.3) is 0 Å². The summed E-state index contributed by atoms with van der Waals surface area (Å²) in [5.41, 5.74) is 0.897. The van der Waals surface area contributed by atoms with E-state index in [0.29, 0.717) is 34.9 Å². The number of imidazole rings is 2. The van der Waals surface area contributed by atoms with Crippen molar-refractivity contribution >= 4 is 35.5 Å². The second-order valence-electron chi connectivity index (χ2n) is 9.16. The molecule has 0 amide bonds. The van der Waals surface area contributed by atoms with Gasteiger partial charge in [-0.15, -0.1) is 0 Å². The molecule has 0 bridgehead atoms. The van der Waals surface area contributed by atoms with Crippen LogP contribution < -0.4 is 0 Å². The minimum absolute atomic E-state index is 0.0474. The summed E-state index contributed by atoms with van der Waals surface area (Å²) in [5, 5.41) is 37.2. The normalized spacial score (nSPS) is 10.1. The molecule has 0 atom stereocenters. The molecule has 2 N–H and O–H groups in total. The number of aromatic nitrogens is 4. The Balaban J connectivity index is 0.000000274. The van der Waals surface area contributed by atoms with Gasteiger partial charge in [0.2, 0.25) is 0 Å². The maximum atomic E-state index is 11.7. The fourth-order valence-electron chi connectivity index (χ4n) is 3.67. The number of esters is 2. The van der Waals surface area contributed by atoms with E-state index in [9.17, 15) is 39.4 Å². The highest BCUT2D eigenvalue weighted by Gasteiger charge is 2.19. The van der Waals surface area contributed by atoms with Gasteiger partial charge in [0, 0.05) is 26.0 Å². The fourth-order valence-corrected chi connectivity index (χ4v) is 3.67. The smallest absolute Gasteiger partial charge is 0.342 e. The Hall–Kier alpha value is -6.72. The fraction of sp³-hybridized carbons (Fsp3) is 0.200. The number of carboxylic acids is 2. The Morgan fingerprint density at radius 3 is 1.31 bits per heavy atom. The van der Waals surface area contributed by atoms with Crippen molar-refractivity contribution < 1.29 is 48.7 Å². The van der Waals surface area contributed by atoms with Gasteiger partial charge < -0.3 is 39.9 Å². The van der Waals surface area contributed by atoms with Crippen molar-refractivity contribution in [1.29, 1.82) is 0 Å². The predicted molar refractivity (Wildman–Crippen MR) is 165 cm³/mol. The molecule has 4 aromatic rings. The van der Waals surface area contributed by atoms with Gasteiger partial charge in [0.15, 0.2) is 11.6 Å². The highest BCUT2D eigenvalue weighted by Crippen LogP contribution is 2.14. The quantitative estimate of drug-likeness (QED) is 0.0948. The van der Waals surface area contributed by atoms with Crippen LogP contribution in [0.4, 0.5) is 11.6 Å². The molecule has 18 nitrogen and oxygen atoms in total. The van der Waals surface area contributed by atoms with Crippen LogP contribution in [0, 0.1) is 34.1 Å². The van der Waals surface area contributed by atoms with Crippen LogP contribution in [0.5, 0.6) is 0 Å². The third-order valence-electron chi connectivity index (χ3n) is 5.93. The maximum absolute atomic E-state index is 11.7. The van der Waals surface area contributed by atoms with Gasteiger partial charge in [-0.05, 0) is 34.1 Å². The van der Waals surface area contributed by atoms with Gasteiger partial charge in [-0.3, -0.25) is 0 Å². The van der Waals surface area contributed by atoms with E-state index in [1.807, 2.05) is 0 Å². The zero-order chi connectivity index (χ0) is 35.6. The number of aliphatic carboxylic acids is 2. The van der Waals surface area contributed by atoms with E-state index < -0.39 is 33.7 Å². The Kier molecular flexibility index (Phi) is 14.8. The first-order valence-corrected chi connectivity index (χ1v) is 13.7. The number of carboxylic acid groups (broad SMARTS) is 2. The summed E-state index contributed by atoms with van der Waals surface area (Å²) in [4.78, 5) is 70.8. The van der Waals surface area contributed by atoms with Gasteiger partial charge in [-0.1, -0.05) is 36.4 Å². The number of nitrogens with zero attached hydrogens (tertiary/aromatic N) is 6. The lowest BCUT2D eigenvalue weighted by molar-refractivity contribution is -0.392. The summed E-state index contributed by atoms with van der Waals surface area (Å²) in [6.07, 6.45) is 3.49. The molecule has 0 unspecified atom stereocenters. The molecule has 0 fully saturated rings. The molecule has 0 aliphatic carbocycles. The lowest BCUT2D eigenvalue weighted by Crippen LogP contribution is -2.13. The topological polar surface area (TPSA) is 249 Å². The second-order valence-corrected chi connectivity index (χ2v) is 9.16. The first-order chi connectivity index (χ1) is 22.8. The van der Waals surface area contributed by atoms with E-state index >= 15 is 0 Å². The minimum atomic E-state index is -1.26. The number of carbonyl (C=O) groups is 4. The standard InChI is InChI=1S/2C13H13N3O4.C4H4O4/c2*1-10-14-9-12(16(18)19)15(10)7-8-20-13(17)11-5-3-2-4-6-11;5-3(6)1-2-4(7)8/h2*2-6,9H,7-8H2,1H3;1-2H,(H,5,6)(H,7,8)/b;;2-1+. The zero-order valence-electron chi connectivity index (χ0n) is 25.6. The van der Waals surface area contributed by atoms with E-state index in [1.54, 1.807) is 74.5 Å². The van der Waals surface area contributed by atoms with Gasteiger partial charge in [0.05, 0.1) is 11.1 Å². The van der Waals surface area contributed by atoms with Crippen LogP contribution in [0.25, 0.3) is 0 Å². The molecular formula is C30H30N6O12. The SMILES string of the molecule is Cc1ncc([N+](=O)[O-])n1CCOC(=O)c1ccccc1.Cc1ncc([N+](=O)[O-])n1CCOC(=O)c1ccccc1.O=C(O)/C=C/C(=O)O. The summed E-state index contributed by atoms with van der Waals surface area (Å²) in [6, 6.07) is 17.1. The van der Waals surface area contributed by atoms with Crippen molar-refractivity contribution in [2.24, 2.45) is 0 Å². The van der Waals surface area contributed by atoms with Crippen LogP contribution in [-0.4, -0.2) is 76.3 Å². The molecule has 0 radical (unpaired) electrons. The molecular weight excluding hydrogens is 636 g/mol. The molecule has 0 aliphatic heterocycles. The zero-order valence-corrected chi connectivity index (χ0v) is 25.6. The number of hydrogen-bond donors (Lipinski definition) is 2. The third-order valence-corrected chi connectivity index (χ3v) is 5.93. The molecule has 0 saturated carbocycles. The van der Waals surface area contributed by atoms with Gasteiger partial charge in [0.1, 0.15) is 38.7 Å². The number of benzene rings is 2. The monoisotopic (exact) mass is 666 g/mol. The number of hydrogen-bond acceptors (Lipinski definition) is 12. The van der Waals surface area contributed by atoms with Gasteiger partial charge >= 0.3 is 35.5 Å². The van der Waals surface area contributed by atoms with Crippen molar-refractivity contribution in [2.45, 2.75) is 26.9 Å². The average molecular weight is 667 g/mol.